The highest BCUT2D eigenvalue weighted by molar-refractivity contribution is 5.96. The minimum absolute atomic E-state index is 0.139. The molecule has 2 aromatic rings. The lowest BCUT2D eigenvalue weighted by molar-refractivity contribution is 0.101. The number of carbonyl (C=O) groups excluding carboxylic acids is 1. The number of aromatic nitrogens is 1. The highest BCUT2D eigenvalue weighted by Gasteiger charge is 2.36. The second-order valence-electron chi connectivity index (χ2n) is 7.75. The average molecular weight is 399 g/mol. The maximum absolute atomic E-state index is 12.8. The number of Topliss-reactive ketones (excluding diaryl/α,β-unsaturated/α-hetero) is 1. The van der Waals surface area contributed by atoms with Crippen LogP contribution in [-0.4, -0.2) is 16.6 Å². The molecule has 1 unspecified atom stereocenters. The number of ketones is 1. The zero-order valence-corrected chi connectivity index (χ0v) is 17.3. The summed E-state index contributed by atoms with van der Waals surface area (Å²) < 4.78 is 1.93. The summed E-state index contributed by atoms with van der Waals surface area (Å²) in [7, 11) is 0. The monoisotopic (exact) mass is 399 g/mol. The molecule has 1 aromatic carbocycles. The Morgan fingerprint density at radius 1 is 1.27 bits per heavy atom. The predicted molar refractivity (Wildman–Crippen MR) is 121 cm³/mol. The summed E-state index contributed by atoms with van der Waals surface area (Å²) in [5.41, 5.74) is 9.81. The molecule has 0 saturated carbocycles. The molecule has 0 spiro atoms. The molecule has 30 heavy (non-hydrogen) atoms. The van der Waals surface area contributed by atoms with E-state index in [1.54, 1.807) is 12.4 Å². The van der Waals surface area contributed by atoms with Gasteiger partial charge in [-0.15, -0.1) is 0 Å². The van der Waals surface area contributed by atoms with Crippen molar-refractivity contribution in [3.63, 3.8) is 0 Å². The largest absolute Gasteiger partial charge is 0.342 e. The first-order valence-corrected chi connectivity index (χ1v) is 10.2. The van der Waals surface area contributed by atoms with Crippen LogP contribution in [0.15, 0.2) is 70.6 Å². The van der Waals surface area contributed by atoms with Crippen molar-refractivity contribution < 1.29 is 4.79 Å². The van der Waals surface area contributed by atoms with Crippen molar-refractivity contribution in [2.45, 2.75) is 38.8 Å². The molecule has 2 N–H and O–H groups in total. The number of carbonyl (C=O) groups is 1. The summed E-state index contributed by atoms with van der Waals surface area (Å²) >= 11 is 0. The molecule has 1 atom stereocenters. The molecule has 1 aromatic heterocycles. The number of pyridine rings is 1. The van der Waals surface area contributed by atoms with Crippen molar-refractivity contribution in [1.29, 1.82) is 0 Å². The summed E-state index contributed by atoms with van der Waals surface area (Å²) in [5.74, 6) is -0.273. The van der Waals surface area contributed by atoms with Crippen molar-refractivity contribution in [1.82, 2.24) is 4.57 Å². The van der Waals surface area contributed by atoms with Crippen LogP contribution in [0.3, 0.4) is 0 Å². The molecule has 0 bridgehead atoms. The van der Waals surface area contributed by atoms with E-state index in [2.05, 4.69) is 47.5 Å². The quantitative estimate of drug-likeness (QED) is 0.763. The molecule has 0 saturated heterocycles. The number of nitrogens with two attached hydrogens (primary N) is 1. The number of aliphatic imine (C=N–C) groups is 1. The van der Waals surface area contributed by atoms with Gasteiger partial charge < -0.3 is 10.3 Å². The third-order valence-corrected chi connectivity index (χ3v) is 5.74. The van der Waals surface area contributed by atoms with Gasteiger partial charge in [0.2, 0.25) is 5.43 Å². The zero-order chi connectivity index (χ0) is 21.3. The molecule has 5 nitrogen and oxygen atoms in total. The number of hydrogen-bond donors (Lipinski definition) is 1. The van der Waals surface area contributed by atoms with Crippen LogP contribution in [0, 0.1) is 0 Å². The first-order chi connectivity index (χ1) is 14.4. The predicted octanol–water partition coefficient (Wildman–Crippen LogP) is 4.28. The van der Waals surface area contributed by atoms with Gasteiger partial charge in [-0.1, -0.05) is 61.6 Å². The maximum Gasteiger partial charge on any atom is 0.218 e. The summed E-state index contributed by atoms with van der Waals surface area (Å²) in [6, 6.07) is 8.17. The molecular formula is C25H25N3O2. The van der Waals surface area contributed by atoms with E-state index in [0.29, 0.717) is 18.7 Å². The zero-order valence-electron chi connectivity index (χ0n) is 17.3. The maximum atomic E-state index is 12.8. The van der Waals surface area contributed by atoms with E-state index in [0.717, 1.165) is 23.1 Å². The van der Waals surface area contributed by atoms with Crippen molar-refractivity contribution in [3.05, 3.63) is 93.5 Å². The van der Waals surface area contributed by atoms with Gasteiger partial charge in [0, 0.05) is 19.0 Å². The van der Waals surface area contributed by atoms with E-state index >= 15 is 0 Å². The Balaban J connectivity index is 1.88. The Bertz CT molecular complexity index is 1200. The number of benzene rings is 1. The SMILES string of the molecule is CCC1(N)C=Nc2c1n(Cc1ccccc1C1=CC=CCC=C1)cc(C(C)=O)c2=O. The smallest absolute Gasteiger partial charge is 0.218 e. The number of allylic oxidation sites excluding steroid dienone is 6. The molecule has 0 radical (unpaired) electrons. The van der Waals surface area contributed by atoms with E-state index < -0.39 is 5.54 Å². The van der Waals surface area contributed by atoms with E-state index in [9.17, 15) is 9.59 Å². The average Bonchev–Trinajstić information content (AvgIpc) is 2.91. The summed E-state index contributed by atoms with van der Waals surface area (Å²) in [4.78, 5) is 29.3. The van der Waals surface area contributed by atoms with Crippen LogP contribution >= 0.6 is 0 Å². The standard InChI is InChI=1S/C25H25N3O2/c1-3-25(26)16-27-22-23(30)21(17(2)29)15-28(24(22)25)14-19-12-8-9-13-20(19)18-10-6-4-5-7-11-18/h4,6-13,15-16H,3,5,14,26H2,1-2H3. The normalized spacial score (nSPS) is 19.5. The third kappa shape index (κ3) is 3.42. The van der Waals surface area contributed by atoms with Crippen LogP contribution in [0.25, 0.3) is 5.57 Å². The van der Waals surface area contributed by atoms with Crippen LogP contribution in [-0.2, 0) is 12.1 Å². The molecule has 4 rings (SSSR count). The minimum Gasteiger partial charge on any atom is -0.342 e. The molecular weight excluding hydrogens is 374 g/mol. The molecule has 1 aliphatic carbocycles. The molecule has 2 aliphatic rings. The van der Waals surface area contributed by atoms with Gasteiger partial charge in [-0.25, -0.2) is 0 Å². The van der Waals surface area contributed by atoms with Gasteiger partial charge in [0.25, 0.3) is 0 Å². The van der Waals surface area contributed by atoms with E-state index in [4.69, 9.17) is 5.73 Å². The van der Waals surface area contributed by atoms with Crippen LogP contribution in [0.2, 0.25) is 0 Å². The van der Waals surface area contributed by atoms with E-state index in [1.807, 2.05) is 23.6 Å². The number of nitrogens with zero attached hydrogens (tertiary/aromatic N) is 2. The molecule has 152 valence electrons. The Morgan fingerprint density at radius 3 is 2.83 bits per heavy atom. The Hall–Kier alpha value is -3.31. The lowest BCUT2D eigenvalue weighted by Crippen LogP contribution is -2.39. The third-order valence-electron chi connectivity index (χ3n) is 5.74. The van der Waals surface area contributed by atoms with Crippen molar-refractivity contribution in [3.8, 4) is 0 Å². The lowest BCUT2D eigenvalue weighted by atomic mass is 9.93. The number of fused-ring (bicyclic) bond motifs is 1. The fourth-order valence-corrected chi connectivity index (χ4v) is 4.02. The van der Waals surface area contributed by atoms with Gasteiger partial charge in [-0.3, -0.25) is 14.6 Å². The van der Waals surface area contributed by atoms with E-state index in [-0.39, 0.29) is 22.5 Å². The van der Waals surface area contributed by atoms with Crippen LogP contribution in [0.5, 0.6) is 0 Å². The summed E-state index contributed by atoms with van der Waals surface area (Å²) in [5, 5.41) is 0. The lowest BCUT2D eigenvalue weighted by Gasteiger charge is -2.26. The van der Waals surface area contributed by atoms with Gasteiger partial charge in [0.1, 0.15) is 5.69 Å². The molecule has 1 aliphatic heterocycles. The van der Waals surface area contributed by atoms with Crippen molar-refractivity contribution in [2.24, 2.45) is 10.7 Å². The minimum atomic E-state index is -0.830. The topological polar surface area (TPSA) is 77.4 Å². The Labute approximate surface area is 176 Å². The summed E-state index contributed by atoms with van der Waals surface area (Å²) in [6.45, 7) is 3.86. The van der Waals surface area contributed by atoms with Crippen LogP contribution in [0.4, 0.5) is 5.69 Å². The van der Waals surface area contributed by atoms with Gasteiger partial charge >= 0.3 is 0 Å². The highest BCUT2D eigenvalue weighted by Crippen LogP contribution is 2.34. The highest BCUT2D eigenvalue weighted by atomic mass is 16.1. The van der Waals surface area contributed by atoms with Crippen molar-refractivity contribution in [2.75, 3.05) is 0 Å². The molecule has 0 fully saturated rings. The second-order valence-corrected chi connectivity index (χ2v) is 7.75. The number of rotatable bonds is 5. The molecule has 0 amide bonds. The first kappa shape index (κ1) is 20.0. The van der Waals surface area contributed by atoms with Gasteiger partial charge in [0.05, 0.1) is 16.8 Å². The van der Waals surface area contributed by atoms with E-state index in [1.165, 1.54) is 6.92 Å². The number of hydrogen-bond acceptors (Lipinski definition) is 4. The molecule has 2 heterocycles. The van der Waals surface area contributed by atoms with Crippen LogP contribution in [0.1, 0.15) is 53.9 Å². The molecule has 5 heteroatoms. The fourth-order valence-electron chi connectivity index (χ4n) is 4.02. The van der Waals surface area contributed by atoms with Gasteiger partial charge in [-0.05, 0) is 36.5 Å². The van der Waals surface area contributed by atoms with Crippen LogP contribution < -0.4 is 11.2 Å². The Kier molecular flexibility index (Phi) is 5.22. The van der Waals surface area contributed by atoms with Crippen molar-refractivity contribution >= 4 is 23.3 Å². The second kappa shape index (κ2) is 7.84. The fraction of sp³-hybridized carbons (Fsp3) is 0.240. The van der Waals surface area contributed by atoms with Gasteiger partial charge in [-0.2, -0.15) is 0 Å². The Morgan fingerprint density at radius 2 is 2.07 bits per heavy atom. The summed E-state index contributed by atoms with van der Waals surface area (Å²) in [6.07, 6.45) is 15.3. The first-order valence-electron chi connectivity index (χ1n) is 10.2. The van der Waals surface area contributed by atoms with Gasteiger partial charge in [0.15, 0.2) is 5.78 Å².